The van der Waals surface area contributed by atoms with Crippen molar-refractivity contribution in [2.45, 2.75) is 46.5 Å². The third-order valence-corrected chi connectivity index (χ3v) is 3.76. The van der Waals surface area contributed by atoms with Gasteiger partial charge in [0.1, 0.15) is 5.78 Å². The summed E-state index contributed by atoms with van der Waals surface area (Å²) >= 11 is 0. The number of carbonyl (C=O) groups excluding carboxylic acids is 1. The Labute approximate surface area is 99.6 Å². The van der Waals surface area contributed by atoms with Crippen molar-refractivity contribution in [3.63, 3.8) is 0 Å². The van der Waals surface area contributed by atoms with E-state index in [1.165, 1.54) is 5.57 Å². The minimum absolute atomic E-state index is 0.182. The van der Waals surface area contributed by atoms with Crippen molar-refractivity contribution >= 4 is 5.78 Å². The SMILES string of the molecule is C=CCCC(=O)C1CC(C(C)C)CC=C1C. The van der Waals surface area contributed by atoms with Gasteiger partial charge in [0.15, 0.2) is 0 Å². The third kappa shape index (κ3) is 3.33. The van der Waals surface area contributed by atoms with Crippen molar-refractivity contribution in [1.29, 1.82) is 0 Å². The van der Waals surface area contributed by atoms with Gasteiger partial charge >= 0.3 is 0 Å². The van der Waals surface area contributed by atoms with Gasteiger partial charge in [-0.15, -0.1) is 6.58 Å². The van der Waals surface area contributed by atoms with E-state index < -0.39 is 0 Å². The van der Waals surface area contributed by atoms with Gasteiger partial charge < -0.3 is 0 Å². The molecule has 1 aliphatic carbocycles. The molecular weight excluding hydrogens is 196 g/mol. The highest BCUT2D eigenvalue weighted by Crippen LogP contribution is 2.34. The van der Waals surface area contributed by atoms with E-state index in [1.54, 1.807) is 0 Å². The number of ketones is 1. The fraction of sp³-hybridized carbons (Fsp3) is 0.667. The van der Waals surface area contributed by atoms with E-state index in [0.717, 1.165) is 19.3 Å². The first kappa shape index (κ1) is 13.2. The molecule has 0 aromatic heterocycles. The van der Waals surface area contributed by atoms with Gasteiger partial charge in [-0.1, -0.05) is 31.6 Å². The van der Waals surface area contributed by atoms with E-state index >= 15 is 0 Å². The Bertz CT molecular complexity index is 286. The topological polar surface area (TPSA) is 17.1 Å². The van der Waals surface area contributed by atoms with Crippen molar-refractivity contribution in [3.8, 4) is 0 Å². The maximum absolute atomic E-state index is 12.0. The maximum Gasteiger partial charge on any atom is 0.140 e. The van der Waals surface area contributed by atoms with E-state index in [2.05, 4.69) is 33.4 Å². The summed E-state index contributed by atoms with van der Waals surface area (Å²) in [6.45, 7) is 10.3. The fourth-order valence-electron chi connectivity index (χ4n) is 2.41. The van der Waals surface area contributed by atoms with Gasteiger partial charge in [0.25, 0.3) is 0 Å². The van der Waals surface area contributed by atoms with Crippen LogP contribution in [0.2, 0.25) is 0 Å². The van der Waals surface area contributed by atoms with Gasteiger partial charge in [-0.25, -0.2) is 0 Å². The first-order chi connectivity index (χ1) is 7.56. The maximum atomic E-state index is 12.0. The summed E-state index contributed by atoms with van der Waals surface area (Å²) in [5.41, 5.74) is 1.28. The van der Waals surface area contributed by atoms with Crippen LogP contribution in [-0.2, 0) is 4.79 Å². The lowest BCUT2D eigenvalue weighted by molar-refractivity contribution is -0.122. The van der Waals surface area contributed by atoms with Gasteiger partial charge in [-0.2, -0.15) is 0 Å². The zero-order chi connectivity index (χ0) is 12.1. The number of hydrogen-bond donors (Lipinski definition) is 0. The van der Waals surface area contributed by atoms with Crippen molar-refractivity contribution in [2.24, 2.45) is 17.8 Å². The molecule has 1 rings (SSSR count). The fourth-order valence-corrected chi connectivity index (χ4v) is 2.41. The summed E-state index contributed by atoms with van der Waals surface area (Å²) in [7, 11) is 0. The Morgan fingerprint density at radius 2 is 2.31 bits per heavy atom. The van der Waals surface area contributed by atoms with Crippen LogP contribution in [0.4, 0.5) is 0 Å². The molecule has 0 spiro atoms. The molecule has 0 N–H and O–H groups in total. The predicted molar refractivity (Wildman–Crippen MR) is 69.2 cm³/mol. The summed E-state index contributed by atoms with van der Waals surface area (Å²) in [5, 5.41) is 0. The van der Waals surface area contributed by atoms with Crippen molar-refractivity contribution < 1.29 is 4.79 Å². The second kappa shape index (κ2) is 6.03. The van der Waals surface area contributed by atoms with Gasteiger partial charge in [-0.3, -0.25) is 4.79 Å². The van der Waals surface area contributed by atoms with Gasteiger partial charge in [0.05, 0.1) is 0 Å². The van der Waals surface area contributed by atoms with Gasteiger partial charge in [0.2, 0.25) is 0 Å². The molecule has 0 aromatic carbocycles. The average molecular weight is 220 g/mol. The summed E-state index contributed by atoms with van der Waals surface area (Å²) in [6.07, 6.45) is 7.77. The van der Waals surface area contributed by atoms with E-state index in [4.69, 9.17) is 0 Å². The van der Waals surface area contributed by atoms with E-state index in [-0.39, 0.29) is 5.92 Å². The first-order valence-electron chi connectivity index (χ1n) is 6.36. The Kier molecular flexibility index (Phi) is 4.98. The summed E-state index contributed by atoms with van der Waals surface area (Å²) in [6, 6.07) is 0. The normalized spacial score (nSPS) is 25.4. The molecule has 1 heteroatoms. The molecule has 2 unspecified atom stereocenters. The van der Waals surface area contributed by atoms with Crippen molar-refractivity contribution in [2.75, 3.05) is 0 Å². The first-order valence-corrected chi connectivity index (χ1v) is 6.36. The van der Waals surface area contributed by atoms with Crippen LogP contribution in [-0.4, -0.2) is 5.78 Å². The number of Topliss-reactive ketones (excluding diaryl/α,β-unsaturated/α-hetero) is 1. The van der Waals surface area contributed by atoms with Crippen LogP contribution >= 0.6 is 0 Å². The summed E-state index contributed by atoms with van der Waals surface area (Å²) in [5.74, 6) is 1.94. The second-order valence-corrected chi connectivity index (χ2v) is 5.27. The molecule has 0 bridgehead atoms. The molecule has 0 fully saturated rings. The number of hydrogen-bond acceptors (Lipinski definition) is 1. The summed E-state index contributed by atoms with van der Waals surface area (Å²) < 4.78 is 0. The molecule has 1 nitrogen and oxygen atoms in total. The standard InChI is InChI=1S/C15H24O/c1-5-6-7-15(16)14-10-13(11(2)3)9-8-12(14)4/h5,8,11,13-14H,1,6-7,9-10H2,2-4H3. The molecule has 2 atom stereocenters. The average Bonchev–Trinajstić information content (AvgIpc) is 2.26. The molecule has 0 heterocycles. The van der Waals surface area contributed by atoms with Crippen LogP contribution in [0.15, 0.2) is 24.3 Å². The lowest BCUT2D eigenvalue weighted by Gasteiger charge is -2.30. The highest BCUT2D eigenvalue weighted by atomic mass is 16.1. The zero-order valence-corrected chi connectivity index (χ0v) is 10.8. The Morgan fingerprint density at radius 3 is 2.88 bits per heavy atom. The molecule has 0 radical (unpaired) electrons. The third-order valence-electron chi connectivity index (χ3n) is 3.76. The van der Waals surface area contributed by atoms with Crippen LogP contribution in [0.1, 0.15) is 46.5 Å². The van der Waals surface area contributed by atoms with Crippen LogP contribution in [0.3, 0.4) is 0 Å². The minimum Gasteiger partial charge on any atom is -0.299 e. The Balaban J connectivity index is 2.64. The molecule has 0 saturated heterocycles. The molecule has 90 valence electrons. The van der Waals surface area contributed by atoms with Crippen LogP contribution in [0.25, 0.3) is 0 Å². The number of carbonyl (C=O) groups is 1. The second-order valence-electron chi connectivity index (χ2n) is 5.27. The molecule has 1 aliphatic rings. The lowest BCUT2D eigenvalue weighted by atomic mass is 9.74. The molecule has 0 amide bonds. The molecule has 0 aromatic rings. The van der Waals surface area contributed by atoms with Crippen molar-refractivity contribution in [3.05, 3.63) is 24.3 Å². The molecular formula is C15H24O. The zero-order valence-electron chi connectivity index (χ0n) is 10.8. The van der Waals surface area contributed by atoms with E-state index in [1.807, 2.05) is 6.08 Å². The highest BCUT2D eigenvalue weighted by Gasteiger charge is 2.28. The Hall–Kier alpha value is -0.850. The van der Waals surface area contributed by atoms with Gasteiger partial charge in [-0.05, 0) is 38.0 Å². The van der Waals surface area contributed by atoms with Crippen LogP contribution in [0, 0.1) is 17.8 Å². The summed E-state index contributed by atoms with van der Waals surface area (Å²) in [4.78, 5) is 12.0. The number of rotatable bonds is 5. The van der Waals surface area contributed by atoms with E-state index in [0.29, 0.717) is 24.0 Å². The number of allylic oxidation sites excluding steroid dienone is 3. The van der Waals surface area contributed by atoms with Crippen molar-refractivity contribution in [1.82, 2.24) is 0 Å². The van der Waals surface area contributed by atoms with Crippen LogP contribution in [0.5, 0.6) is 0 Å². The highest BCUT2D eigenvalue weighted by molar-refractivity contribution is 5.83. The molecule has 16 heavy (non-hydrogen) atoms. The minimum atomic E-state index is 0.182. The van der Waals surface area contributed by atoms with Gasteiger partial charge in [0, 0.05) is 12.3 Å². The smallest absolute Gasteiger partial charge is 0.140 e. The van der Waals surface area contributed by atoms with E-state index in [9.17, 15) is 4.79 Å². The molecule has 0 aliphatic heterocycles. The predicted octanol–water partition coefficient (Wildman–Crippen LogP) is 4.15. The quantitative estimate of drug-likeness (QED) is 0.636. The monoisotopic (exact) mass is 220 g/mol. The largest absolute Gasteiger partial charge is 0.299 e. The lowest BCUT2D eigenvalue weighted by Crippen LogP contribution is -2.25. The Morgan fingerprint density at radius 1 is 1.62 bits per heavy atom. The van der Waals surface area contributed by atoms with Crippen LogP contribution < -0.4 is 0 Å². The molecule has 0 saturated carbocycles.